The number of amides is 2. The molecule has 12 heteroatoms. The second-order valence-electron chi connectivity index (χ2n) is 3.67. The van der Waals surface area contributed by atoms with Crippen LogP contribution in [0.3, 0.4) is 0 Å². The van der Waals surface area contributed by atoms with Gasteiger partial charge in [0.05, 0.1) is 19.3 Å². The highest BCUT2D eigenvalue weighted by atomic mass is 16.4. The van der Waals surface area contributed by atoms with E-state index in [0.29, 0.717) is 11.5 Å². The van der Waals surface area contributed by atoms with E-state index in [0.717, 1.165) is 4.68 Å². The van der Waals surface area contributed by atoms with Gasteiger partial charge in [-0.15, -0.1) is 15.3 Å². The Labute approximate surface area is 111 Å². The van der Waals surface area contributed by atoms with Crippen molar-refractivity contribution < 1.29 is 14.7 Å². The second-order valence-corrected chi connectivity index (χ2v) is 3.67. The average Bonchev–Trinajstić information content (AvgIpc) is 3.04. The number of carboxylic acid groups (broad SMARTS) is 1. The molecule has 0 spiro atoms. The summed E-state index contributed by atoms with van der Waals surface area (Å²) >= 11 is 0. The summed E-state index contributed by atoms with van der Waals surface area (Å²) in [7, 11) is 0. The van der Waals surface area contributed by atoms with Crippen LogP contribution in [0.1, 0.15) is 11.5 Å². The summed E-state index contributed by atoms with van der Waals surface area (Å²) in [6.07, 6.45) is 1.44. The van der Waals surface area contributed by atoms with Crippen LogP contribution in [0.5, 0.6) is 0 Å². The summed E-state index contributed by atoms with van der Waals surface area (Å²) in [5, 5.41) is 33.9. The maximum absolute atomic E-state index is 11.4. The molecule has 2 aromatic rings. The van der Waals surface area contributed by atoms with Crippen molar-refractivity contribution in [2.24, 2.45) is 0 Å². The first kappa shape index (κ1) is 13.4. The van der Waals surface area contributed by atoms with Crippen molar-refractivity contribution in [1.82, 2.24) is 46.3 Å². The van der Waals surface area contributed by atoms with Gasteiger partial charge in [-0.2, -0.15) is 5.21 Å². The van der Waals surface area contributed by atoms with E-state index in [1.807, 2.05) is 0 Å². The summed E-state index contributed by atoms with van der Waals surface area (Å²) in [5.74, 6) is -0.667. The maximum Gasteiger partial charge on any atom is 0.325 e. The van der Waals surface area contributed by atoms with E-state index >= 15 is 0 Å². The van der Waals surface area contributed by atoms with Crippen LogP contribution in [0.25, 0.3) is 0 Å². The van der Waals surface area contributed by atoms with Gasteiger partial charge in [-0.05, 0) is 0 Å². The Hall–Kier alpha value is -3.05. The van der Waals surface area contributed by atoms with Crippen molar-refractivity contribution in [3.05, 3.63) is 17.7 Å². The summed E-state index contributed by atoms with van der Waals surface area (Å²) < 4.78 is 1.16. The Morgan fingerprint density at radius 2 is 2.10 bits per heavy atom. The zero-order chi connectivity index (χ0) is 14.4. The third-order valence-corrected chi connectivity index (χ3v) is 2.11. The van der Waals surface area contributed by atoms with Crippen molar-refractivity contribution in [2.45, 2.75) is 19.6 Å². The van der Waals surface area contributed by atoms with E-state index in [1.165, 1.54) is 6.20 Å². The number of aromatic amines is 1. The fraction of sp³-hybridized carbons (Fsp3) is 0.375. The van der Waals surface area contributed by atoms with Crippen LogP contribution in [0.2, 0.25) is 0 Å². The number of hydrogen-bond acceptors (Lipinski definition) is 7. The van der Waals surface area contributed by atoms with Crippen molar-refractivity contribution in [1.29, 1.82) is 0 Å². The zero-order valence-electron chi connectivity index (χ0n) is 10.1. The van der Waals surface area contributed by atoms with Gasteiger partial charge in [0.15, 0.2) is 5.82 Å². The van der Waals surface area contributed by atoms with Gasteiger partial charge in [-0.3, -0.25) is 4.79 Å². The molecule has 0 aliphatic carbocycles. The molecule has 0 aromatic carbocycles. The van der Waals surface area contributed by atoms with Gasteiger partial charge in [0.25, 0.3) is 0 Å². The first-order valence-electron chi connectivity index (χ1n) is 5.48. The van der Waals surface area contributed by atoms with Gasteiger partial charge in [0.1, 0.15) is 12.2 Å². The number of nitrogens with one attached hydrogen (secondary N) is 3. The normalized spacial score (nSPS) is 10.2. The van der Waals surface area contributed by atoms with Gasteiger partial charge >= 0.3 is 12.0 Å². The molecule has 0 saturated heterocycles. The lowest BCUT2D eigenvalue weighted by atomic mass is 10.4. The molecule has 106 valence electrons. The third kappa shape index (κ3) is 4.01. The highest BCUT2D eigenvalue weighted by molar-refractivity contribution is 5.73. The number of aliphatic carboxylic acids is 1. The SMILES string of the molecule is O=C(O)Cn1cc(CNC(=O)NCc2nn[nH]n2)nn1. The largest absolute Gasteiger partial charge is 0.480 e. The predicted molar refractivity (Wildman–Crippen MR) is 60.9 cm³/mol. The molecule has 0 saturated carbocycles. The number of hydrogen-bond donors (Lipinski definition) is 4. The lowest BCUT2D eigenvalue weighted by molar-refractivity contribution is -0.137. The number of carboxylic acids is 1. The number of nitrogens with zero attached hydrogens (tertiary/aromatic N) is 6. The van der Waals surface area contributed by atoms with E-state index in [2.05, 4.69) is 41.6 Å². The van der Waals surface area contributed by atoms with Crippen LogP contribution in [0.4, 0.5) is 4.79 Å². The van der Waals surface area contributed by atoms with Gasteiger partial charge in [0.2, 0.25) is 0 Å². The third-order valence-electron chi connectivity index (χ3n) is 2.11. The molecule has 0 atom stereocenters. The Bertz CT molecular complexity index is 578. The molecule has 2 aromatic heterocycles. The molecule has 4 N–H and O–H groups in total. The van der Waals surface area contributed by atoms with Gasteiger partial charge in [-0.1, -0.05) is 10.4 Å². The Kier molecular flexibility index (Phi) is 4.16. The summed E-state index contributed by atoms with van der Waals surface area (Å²) in [5.41, 5.74) is 0.445. The Balaban J connectivity index is 1.72. The topological polar surface area (TPSA) is 164 Å². The van der Waals surface area contributed by atoms with Crippen molar-refractivity contribution in [3.63, 3.8) is 0 Å². The van der Waals surface area contributed by atoms with Gasteiger partial charge < -0.3 is 15.7 Å². The van der Waals surface area contributed by atoms with Crippen LogP contribution in [-0.2, 0) is 24.4 Å². The summed E-state index contributed by atoms with van der Waals surface area (Å²) in [6.45, 7) is -0.0250. The predicted octanol–water partition coefficient (Wildman–Crippen LogP) is -2.12. The molecule has 12 nitrogen and oxygen atoms in total. The number of carbonyl (C=O) groups excluding carboxylic acids is 1. The van der Waals surface area contributed by atoms with Crippen LogP contribution in [0.15, 0.2) is 6.20 Å². The lowest BCUT2D eigenvalue weighted by Gasteiger charge is -2.03. The van der Waals surface area contributed by atoms with Crippen molar-refractivity contribution in [2.75, 3.05) is 0 Å². The molecule has 0 bridgehead atoms. The summed E-state index contributed by atoms with van der Waals surface area (Å²) in [6, 6.07) is -0.442. The van der Waals surface area contributed by atoms with E-state index < -0.39 is 12.0 Å². The molecule has 2 heterocycles. The number of H-pyrrole nitrogens is 1. The molecular formula is C8H11N9O3. The molecular weight excluding hydrogens is 270 g/mol. The number of carbonyl (C=O) groups is 2. The van der Waals surface area contributed by atoms with Crippen LogP contribution < -0.4 is 10.6 Å². The minimum absolute atomic E-state index is 0.123. The molecule has 20 heavy (non-hydrogen) atoms. The Morgan fingerprint density at radius 3 is 2.80 bits per heavy atom. The smallest absolute Gasteiger partial charge is 0.325 e. The molecule has 2 rings (SSSR count). The first-order valence-corrected chi connectivity index (χ1v) is 5.48. The van der Waals surface area contributed by atoms with Gasteiger partial charge in [-0.25, -0.2) is 9.48 Å². The molecule has 0 unspecified atom stereocenters. The number of tetrazole rings is 1. The fourth-order valence-corrected chi connectivity index (χ4v) is 1.29. The highest BCUT2D eigenvalue weighted by Gasteiger charge is 2.07. The zero-order valence-corrected chi connectivity index (χ0v) is 10.1. The lowest BCUT2D eigenvalue weighted by Crippen LogP contribution is -2.34. The molecule has 0 aliphatic rings. The van der Waals surface area contributed by atoms with Gasteiger partial charge in [0, 0.05) is 0 Å². The Morgan fingerprint density at radius 1 is 1.30 bits per heavy atom. The molecule has 0 aliphatic heterocycles. The first-order chi connectivity index (χ1) is 9.63. The number of urea groups is 1. The summed E-state index contributed by atoms with van der Waals surface area (Å²) in [4.78, 5) is 21.9. The van der Waals surface area contributed by atoms with Crippen LogP contribution in [-0.4, -0.2) is 52.7 Å². The van der Waals surface area contributed by atoms with E-state index in [1.54, 1.807) is 0 Å². The number of aromatic nitrogens is 7. The number of rotatable bonds is 6. The minimum atomic E-state index is -1.02. The molecule has 2 amide bonds. The fourth-order valence-electron chi connectivity index (χ4n) is 1.29. The van der Waals surface area contributed by atoms with E-state index in [9.17, 15) is 9.59 Å². The van der Waals surface area contributed by atoms with E-state index in [-0.39, 0.29) is 19.6 Å². The van der Waals surface area contributed by atoms with Crippen LogP contribution in [0, 0.1) is 0 Å². The average molecular weight is 281 g/mol. The quantitative estimate of drug-likeness (QED) is 0.466. The minimum Gasteiger partial charge on any atom is -0.480 e. The molecule has 0 radical (unpaired) electrons. The highest BCUT2D eigenvalue weighted by Crippen LogP contribution is 1.92. The van der Waals surface area contributed by atoms with E-state index in [4.69, 9.17) is 5.11 Å². The monoisotopic (exact) mass is 281 g/mol. The van der Waals surface area contributed by atoms with Crippen molar-refractivity contribution >= 4 is 12.0 Å². The van der Waals surface area contributed by atoms with Crippen LogP contribution >= 0.6 is 0 Å². The maximum atomic E-state index is 11.4. The van der Waals surface area contributed by atoms with Crippen molar-refractivity contribution in [3.8, 4) is 0 Å². The second kappa shape index (κ2) is 6.21. The molecule has 0 fully saturated rings. The standard InChI is InChI=1S/C8H11N9O3/c18-7(19)4-17-3-5(11-16-17)1-9-8(20)10-2-6-12-14-15-13-6/h3H,1-2,4H2,(H,18,19)(H2,9,10,20)(H,12,13,14,15).